The first-order chi connectivity index (χ1) is 6.45. The zero-order valence-corrected chi connectivity index (χ0v) is 10.8. The van der Waals surface area contributed by atoms with Crippen molar-refractivity contribution in [3.63, 3.8) is 0 Å². The normalized spacial score (nSPS) is 34.5. The zero-order chi connectivity index (χ0) is 10.8. The van der Waals surface area contributed by atoms with Gasteiger partial charge in [0.15, 0.2) is 0 Å². The molecule has 14 heavy (non-hydrogen) atoms. The van der Waals surface area contributed by atoms with E-state index < -0.39 is 0 Å². The molecule has 0 aliphatic heterocycles. The maximum absolute atomic E-state index is 2.46. The summed E-state index contributed by atoms with van der Waals surface area (Å²) in [4.78, 5) is 0. The zero-order valence-electron chi connectivity index (χ0n) is 10.8. The summed E-state index contributed by atoms with van der Waals surface area (Å²) < 4.78 is 0. The number of hydrogen-bond donors (Lipinski definition) is 0. The standard InChI is InChI=1S/C14H28/c1-6-7-12-9-8-11(2)13(10-12)14(3,4)5/h11-13H,6-10H2,1-5H3. The minimum Gasteiger partial charge on any atom is -0.0654 e. The Labute approximate surface area is 90.5 Å². The van der Waals surface area contributed by atoms with E-state index in [4.69, 9.17) is 0 Å². The molecule has 0 spiro atoms. The topological polar surface area (TPSA) is 0 Å². The molecule has 0 saturated heterocycles. The van der Waals surface area contributed by atoms with Gasteiger partial charge in [0.1, 0.15) is 0 Å². The summed E-state index contributed by atoms with van der Waals surface area (Å²) in [6.07, 6.45) is 7.27. The SMILES string of the molecule is CCCC1CCC(C)C(C(C)(C)C)C1. The average Bonchev–Trinajstić information content (AvgIpc) is 2.07. The Hall–Kier alpha value is 0. The van der Waals surface area contributed by atoms with E-state index in [1.807, 2.05) is 0 Å². The monoisotopic (exact) mass is 196 g/mol. The van der Waals surface area contributed by atoms with Crippen LogP contribution in [0.4, 0.5) is 0 Å². The molecule has 0 heterocycles. The lowest BCUT2D eigenvalue weighted by Crippen LogP contribution is -2.32. The summed E-state index contributed by atoms with van der Waals surface area (Å²) >= 11 is 0. The molecule has 1 aliphatic rings. The molecule has 0 nitrogen and oxygen atoms in total. The summed E-state index contributed by atoms with van der Waals surface area (Å²) in [5, 5.41) is 0. The van der Waals surface area contributed by atoms with Crippen LogP contribution in [0.5, 0.6) is 0 Å². The largest absolute Gasteiger partial charge is 0.0654 e. The van der Waals surface area contributed by atoms with Gasteiger partial charge >= 0.3 is 0 Å². The van der Waals surface area contributed by atoms with Crippen LogP contribution in [0.3, 0.4) is 0 Å². The van der Waals surface area contributed by atoms with E-state index in [9.17, 15) is 0 Å². The van der Waals surface area contributed by atoms with E-state index in [-0.39, 0.29) is 0 Å². The van der Waals surface area contributed by atoms with Crippen LogP contribution in [0, 0.1) is 23.2 Å². The third kappa shape index (κ3) is 3.00. The van der Waals surface area contributed by atoms with Crippen molar-refractivity contribution in [1.82, 2.24) is 0 Å². The van der Waals surface area contributed by atoms with Crippen molar-refractivity contribution in [3.8, 4) is 0 Å². The molecule has 1 aliphatic carbocycles. The Balaban J connectivity index is 2.55. The van der Waals surface area contributed by atoms with E-state index in [0.29, 0.717) is 5.41 Å². The minimum atomic E-state index is 0.520. The van der Waals surface area contributed by atoms with Crippen molar-refractivity contribution in [2.24, 2.45) is 23.2 Å². The molecule has 0 amide bonds. The van der Waals surface area contributed by atoms with Crippen LogP contribution in [0.1, 0.15) is 66.7 Å². The van der Waals surface area contributed by atoms with Gasteiger partial charge in [-0.05, 0) is 29.6 Å². The summed E-state index contributed by atoms with van der Waals surface area (Å²) in [7, 11) is 0. The van der Waals surface area contributed by atoms with E-state index in [2.05, 4.69) is 34.6 Å². The lowest BCUT2D eigenvalue weighted by Gasteiger charge is -2.42. The summed E-state index contributed by atoms with van der Waals surface area (Å²) in [6.45, 7) is 12.0. The van der Waals surface area contributed by atoms with Crippen LogP contribution in [0.15, 0.2) is 0 Å². The number of rotatable bonds is 2. The van der Waals surface area contributed by atoms with Gasteiger partial charge in [0.2, 0.25) is 0 Å². The lowest BCUT2D eigenvalue weighted by molar-refractivity contribution is 0.0828. The van der Waals surface area contributed by atoms with Gasteiger partial charge in [0.05, 0.1) is 0 Å². The summed E-state index contributed by atoms with van der Waals surface area (Å²) in [6, 6.07) is 0. The molecule has 1 fully saturated rings. The Kier molecular flexibility index (Phi) is 4.04. The smallest absolute Gasteiger partial charge is 0.0337 e. The first-order valence-corrected chi connectivity index (χ1v) is 6.45. The molecule has 0 aromatic heterocycles. The van der Waals surface area contributed by atoms with Crippen LogP contribution in [0.2, 0.25) is 0 Å². The van der Waals surface area contributed by atoms with Crippen LogP contribution >= 0.6 is 0 Å². The maximum Gasteiger partial charge on any atom is -0.0337 e. The highest BCUT2D eigenvalue weighted by atomic mass is 14.4. The molecule has 84 valence electrons. The van der Waals surface area contributed by atoms with Gasteiger partial charge < -0.3 is 0 Å². The maximum atomic E-state index is 2.46. The molecule has 0 aromatic carbocycles. The third-order valence-electron chi connectivity index (χ3n) is 4.11. The molecule has 0 heteroatoms. The fourth-order valence-corrected chi connectivity index (χ4v) is 3.29. The van der Waals surface area contributed by atoms with E-state index in [1.165, 1.54) is 32.1 Å². The van der Waals surface area contributed by atoms with Crippen molar-refractivity contribution in [2.75, 3.05) is 0 Å². The molecule has 1 rings (SSSR count). The molecular formula is C14H28. The second kappa shape index (κ2) is 4.68. The first kappa shape index (κ1) is 12.1. The van der Waals surface area contributed by atoms with Crippen LogP contribution in [0.25, 0.3) is 0 Å². The van der Waals surface area contributed by atoms with Gasteiger partial charge in [0.25, 0.3) is 0 Å². The summed E-state index contributed by atoms with van der Waals surface area (Å²) in [5.41, 5.74) is 0.520. The van der Waals surface area contributed by atoms with Crippen molar-refractivity contribution in [1.29, 1.82) is 0 Å². The lowest BCUT2D eigenvalue weighted by atomic mass is 9.63. The fourth-order valence-electron chi connectivity index (χ4n) is 3.29. The minimum absolute atomic E-state index is 0.520. The molecule has 0 radical (unpaired) electrons. The summed E-state index contributed by atoms with van der Waals surface area (Å²) in [5.74, 6) is 2.93. The average molecular weight is 196 g/mol. The molecule has 0 aromatic rings. The molecule has 3 unspecified atom stereocenters. The predicted octanol–water partition coefficient (Wildman–Crippen LogP) is 4.89. The van der Waals surface area contributed by atoms with Crippen LogP contribution < -0.4 is 0 Å². The molecule has 3 atom stereocenters. The fraction of sp³-hybridized carbons (Fsp3) is 1.00. The van der Waals surface area contributed by atoms with Crippen molar-refractivity contribution < 1.29 is 0 Å². The van der Waals surface area contributed by atoms with Crippen molar-refractivity contribution in [3.05, 3.63) is 0 Å². The number of hydrogen-bond acceptors (Lipinski definition) is 0. The first-order valence-electron chi connectivity index (χ1n) is 6.45. The Morgan fingerprint density at radius 2 is 1.79 bits per heavy atom. The van der Waals surface area contributed by atoms with Gasteiger partial charge in [-0.3, -0.25) is 0 Å². The highest BCUT2D eigenvalue weighted by Crippen LogP contribution is 2.44. The molecule has 0 bridgehead atoms. The van der Waals surface area contributed by atoms with Gasteiger partial charge in [0, 0.05) is 0 Å². The molecular weight excluding hydrogens is 168 g/mol. The van der Waals surface area contributed by atoms with Crippen LogP contribution in [-0.2, 0) is 0 Å². The second-order valence-corrected chi connectivity index (χ2v) is 6.42. The third-order valence-corrected chi connectivity index (χ3v) is 4.11. The highest BCUT2D eigenvalue weighted by molar-refractivity contribution is 4.85. The highest BCUT2D eigenvalue weighted by Gasteiger charge is 2.34. The Morgan fingerprint density at radius 3 is 2.29 bits per heavy atom. The van der Waals surface area contributed by atoms with E-state index >= 15 is 0 Å². The Morgan fingerprint density at radius 1 is 1.14 bits per heavy atom. The molecule has 1 saturated carbocycles. The van der Waals surface area contributed by atoms with Crippen molar-refractivity contribution >= 4 is 0 Å². The Bertz CT molecular complexity index is 163. The van der Waals surface area contributed by atoms with Crippen molar-refractivity contribution in [2.45, 2.75) is 66.7 Å². The van der Waals surface area contributed by atoms with Gasteiger partial charge in [-0.25, -0.2) is 0 Å². The van der Waals surface area contributed by atoms with E-state index in [0.717, 1.165) is 17.8 Å². The van der Waals surface area contributed by atoms with Gasteiger partial charge in [-0.2, -0.15) is 0 Å². The predicted molar refractivity (Wildman–Crippen MR) is 64.4 cm³/mol. The van der Waals surface area contributed by atoms with Crippen LogP contribution in [-0.4, -0.2) is 0 Å². The van der Waals surface area contributed by atoms with Gasteiger partial charge in [-0.1, -0.05) is 60.3 Å². The van der Waals surface area contributed by atoms with Gasteiger partial charge in [-0.15, -0.1) is 0 Å². The quantitative estimate of drug-likeness (QED) is 0.590. The van der Waals surface area contributed by atoms with E-state index in [1.54, 1.807) is 0 Å². The molecule has 0 N–H and O–H groups in total. The second-order valence-electron chi connectivity index (χ2n) is 6.42.